The van der Waals surface area contributed by atoms with Crippen LogP contribution in [-0.2, 0) is 20.1 Å². The van der Waals surface area contributed by atoms with E-state index < -0.39 is 36.3 Å². The maximum Gasteiger partial charge on any atom is 0.497 e. The van der Waals surface area contributed by atoms with Gasteiger partial charge in [0.1, 0.15) is 33.7 Å². The number of fused-ring (bicyclic) bond motifs is 10. The zero-order chi connectivity index (χ0) is 68.2. The topological polar surface area (TPSA) is 110 Å². The van der Waals surface area contributed by atoms with E-state index in [1.807, 2.05) is 6.07 Å². The number of nitrogens with zero attached hydrogens (tertiary/aromatic N) is 4. The average molecular weight is 1360 g/mol. The van der Waals surface area contributed by atoms with Crippen LogP contribution in [0.2, 0.25) is 0 Å². The molecule has 96 heavy (non-hydrogen) atoms. The SMILES string of the molecule is CCCCCCCCCCCCCCC1(CCCCCCCCCCCCCC)c2cc(B(O)O)c3nsnc3c2-c2c(F)c3c(c(F)c21)-c1c(cc(B2OC(C)(C)C(C)(C)O2)c2nsnc12)C3(CCCCCCCCCCCCCC)CCCCCCCCCCCCCC. The minimum Gasteiger partial charge on any atom is -0.423 e. The molecule has 0 atom stereocenters. The molecule has 2 N–H and O–H groups in total. The number of halogens is 2. The Hall–Kier alpha value is -2.87. The molecule has 1 aliphatic heterocycles. The summed E-state index contributed by atoms with van der Waals surface area (Å²) in [6, 6.07) is 4.12. The van der Waals surface area contributed by atoms with Crippen molar-refractivity contribution in [2.24, 2.45) is 0 Å². The second kappa shape index (κ2) is 40.7. The van der Waals surface area contributed by atoms with Gasteiger partial charge in [-0.2, -0.15) is 17.5 Å². The summed E-state index contributed by atoms with van der Waals surface area (Å²) in [6.45, 7) is 17.5. The number of hydrogen-bond acceptors (Lipinski definition) is 10. The number of benzene rings is 3. The molecule has 1 saturated heterocycles. The Morgan fingerprint density at radius 2 is 0.604 bits per heavy atom. The van der Waals surface area contributed by atoms with E-state index in [2.05, 4.69) is 61.5 Å². The highest BCUT2D eigenvalue weighted by molar-refractivity contribution is 7.00. The lowest BCUT2D eigenvalue weighted by atomic mass is 9.66. The molecule has 0 bridgehead atoms. The lowest BCUT2D eigenvalue weighted by Gasteiger charge is -2.35. The molecular formula is C82H132B2F2N4O4S2. The number of hydrogen-bond donors (Lipinski definition) is 2. The Morgan fingerprint density at radius 1 is 0.354 bits per heavy atom. The summed E-state index contributed by atoms with van der Waals surface area (Å²) in [7, 11) is -2.59. The summed E-state index contributed by atoms with van der Waals surface area (Å²) >= 11 is 2.15. The van der Waals surface area contributed by atoms with Crippen molar-refractivity contribution in [2.75, 3.05) is 0 Å². The van der Waals surface area contributed by atoms with Crippen molar-refractivity contribution < 1.29 is 28.1 Å². The van der Waals surface area contributed by atoms with Crippen molar-refractivity contribution in [2.45, 2.75) is 411 Å². The van der Waals surface area contributed by atoms with Crippen LogP contribution in [0, 0.1) is 11.6 Å². The van der Waals surface area contributed by atoms with Crippen molar-refractivity contribution in [3.8, 4) is 22.3 Å². The van der Waals surface area contributed by atoms with Crippen LogP contribution in [0.1, 0.15) is 412 Å². The zero-order valence-corrected chi connectivity index (χ0v) is 63.8. The quantitative estimate of drug-likeness (QED) is 0.0293. The second-order valence-electron chi connectivity index (χ2n) is 31.5. The zero-order valence-electron chi connectivity index (χ0n) is 62.2. The van der Waals surface area contributed by atoms with Gasteiger partial charge in [-0.05, 0) is 64.5 Å². The molecule has 2 aliphatic carbocycles. The molecule has 5 aromatic rings. The minimum atomic E-state index is -1.84. The fourth-order valence-corrected chi connectivity index (χ4v) is 18.4. The van der Waals surface area contributed by atoms with Crippen molar-refractivity contribution in [3.63, 3.8) is 0 Å². The number of rotatable bonds is 54. The van der Waals surface area contributed by atoms with Crippen LogP contribution in [-0.4, -0.2) is 53.0 Å². The normalized spacial score (nSPS) is 15.6. The molecule has 14 heteroatoms. The third-order valence-corrected chi connectivity index (χ3v) is 24.7. The van der Waals surface area contributed by atoms with Crippen molar-refractivity contribution in [1.29, 1.82) is 0 Å². The third-order valence-electron chi connectivity index (χ3n) is 23.6. The van der Waals surface area contributed by atoms with Gasteiger partial charge in [-0.15, -0.1) is 0 Å². The summed E-state index contributed by atoms with van der Waals surface area (Å²) in [5.74, 6) is -0.689. The van der Waals surface area contributed by atoms with Gasteiger partial charge < -0.3 is 19.4 Å². The summed E-state index contributed by atoms with van der Waals surface area (Å²) in [4.78, 5) is 0. The van der Waals surface area contributed by atoms with E-state index in [4.69, 9.17) is 26.8 Å². The Labute approximate surface area is 592 Å². The lowest BCUT2D eigenvalue weighted by Crippen LogP contribution is -2.41. The largest absolute Gasteiger partial charge is 0.497 e. The van der Waals surface area contributed by atoms with Gasteiger partial charge in [0, 0.05) is 55.1 Å². The average Bonchev–Trinajstić information content (AvgIpc) is 1.50. The molecule has 3 aliphatic rings. The van der Waals surface area contributed by atoms with E-state index in [1.165, 1.54) is 231 Å². The van der Waals surface area contributed by atoms with Gasteiger partial charge in [-0.25, -0.2) is 8.78 Å². The fourth-order valence-electron chi connectivity index (χ4n) is 17.2. The summed E-state index contributed by atoms with van der Waals surface area (Å²) in [6.07, 6.45) is 60.6. The maximum absolute atomic E-state index is 20.4. The van der Waals surface area contributed by atoms with Gasteiger partial charge in [-0.3, -0.25) is 0 Å². The monoisotopic (exact) mass is 1360 g/mol. The standard InChI is InChI=1S/C82H132B2F2N4O4S2/c1-9-13-17-21-25-29-33-37-41-45-49-53-57-81(58-54-50-46-42-38-34-30-26-22-18-14-10-2)63-61-65(83(91)92)75-77(89-95-87-75)67(63)69-71(81)74(86)70-68-64(62-66(76-78(68)90-96-88-76)84-93-79(5,6)80(7,8)94-84)82(72(70)73(69)85,59-55-51-47-43-39-35-31-27-23-19-15-11-3)60-56-52-48-44-40-36-32-28-24-20-16-12-4/h61-62,91-92H,9-60H2,1-8H3. The molecule has 0 spiro atoms. The van der Waals surface area contributed by atoms with Gasteiger partial charge in [0.05, 0.1) is 34.7 Å². The summed E-state index contributed by atoms with van der Waals surface area (Å²) < 4.78 is 74.7. The molecule has 0 saturated carbocycles. The minimum absolute atomic E-state index is 0.261. The Bertz CT molecular complexity index is 3000. The molecule has 536 valence electrons. The van der Waals surface area contributed by atoms with Crippen molar-refractivity contribution in [1.82, 2.24) is 17.5 Å². The van der Waals surface area contributed by atoms with Gasteiger partial charge >= 0.3 is 14.2 Å². The number of aromatic nitrogens is 4. The van der Waals surface area contributed by atoms with Crippen LogP contribution in [0.25, 0.3) is 44.3 Å². The molecule has 0 unspecified atom stereocenters. The van der Waals surface area contributed by atoms with Gasteiger partial charge in [0.2, 0.25) is 0 Å². The van der Waals surface area contributed by atoms with E-state index in [0.717, 1.165) is 117 Å². The van der Waals surface area contributed by atoms with Crippen molar-refractivity contribution in [3.05, 3.63) is 46.0 Å². The Kier molecular flexibility index (Phi) is 33.4. The molecular weight excluding hydrogens is 1230 g/mol. The molecule has 1 fully saturated rings. The van der Waals surface area contributed by atoms with E-state index in [9.17, 15) is 10.0 Å². The van der Waals surface area contributed by atoms with Crippen LogP contribution < -0.4 is 10.9 Å². The first-order valence-electron chi connectivity index (χ1n) is 40.6. The number of unbranched alkanes of at least 4 members (excludes halogenated alkanes) is 44. The summed E-state index contributed by atoms with van der Waals surface area (Å²) in [5, 5.41) is 22.7. The van der Waals surface area contributed by atoms with E-state index in [1.54, 1.807) is 0 Å². The molecule has 3 aromatic carbocycles. The Balaban J connectivity index is 1.23. The predicted octanol–water partition coefficient (Wildman–Crippen LogP) is 24.9. The molecule has 2 aromatic heterocycles. The molecule has 8 rings (SSSR count). The lowest BCUT2D eigenvalue weighted by molar-refractivity contribution is 0.00578. The third kappa shape index (κ3) is 20.1. The van der Waals surface area contributed by atoms with Crippen LogP contribution in [0.4, 0.5) is 8.78 Å². The smallest absolute Gasteiger partial charge is 0.423 e. The van der Waals surface area contributed by atoms with Gasteiger partial charge in [0.15, 0.2) is 0 Å². The van der Waals surface area contributed by atoms with E-state index >= 15 is 8.78 Å². The first-order chi connectivity index (χ1) is 46.7. The highest BCUT2D eigenvalue weighted by Gasteiger charge is 2.57. The van der Waals surface area contributed by atoms with Crippen LogP contribution in [0.3, 0.4) is 0 Å². The molecule has 8 nitrogen and oxygen atoms in total. The fraction of sp³-hybridized carbons (Fsp3) is 0.780. The highest BCUT2D eigenvalue weighted by atomic mass is 32.1. The Morgan fingerprint density at radius 3 is 0.896 bits per heavy atom. The molecule has 0 amide bonds. The molecule has 3 heterocycles. The van der Waals surface area contributed by atoms with E-state index in [-0.39, 0.29) is 17.1 Å². The van der Waals surface area contributed by atoms with Crippen LogP contribution in [0.5, 0.6) is 0 Å². The highest BCUT2D eigenvalue weighted by Crippen LogP contribution is 2.65. The second-order valence-corrected chi connectivity index (χ2v) is 32.6. The van der Waals surface area contributed by atoms with Gasteiger partial charge in [-0.1, -0.05) is 348 Å². The van der Waals surface area contributed by atoms with Crippen molar-refractivity contribution >= 4 is 70.7 Å². The first-order valence-corrected chi connectivity index (χ1v) is 42.1. The van der Waals surface area contributed by atoms with Crippen LogP contribution >= 0.6 is 23.5 Å². The summed E-state index contributed by atoms with van der Waals surface area (Å²) in [5.41, 5.74) is 4.59. The predicted molar refractivity (Wildman–Crippen MR) is 409 cm³/mol. The molecule has 0 radical (unpaired) electrons. The maximum atomic E-state index is 20.4. The van der Waals surface area contributed by atoms with Crippen LogP contribution in [0.15, 0.2) is 12.1 Å². The van der Waals surface area contributed by atoms with Gasteiger partial charge in [0.25, 0.3) is 0 Å². The van der Waals surface area contributed by atoms with E-state index in [0.29, 0.717) is 81.1 Å². The first kappa shape index (κ1) is 78.8.